The van der Waals surface area contributed by atoms with Gasteiger partial charge in [0.1, 0.15) is 5.84 Å². The first-order valence-corrected chi connectivity index (χ1v) is 5.95. The van der Waals surface area contributed by atoms with Crippen LogP contribution in [0.4, 0.5) is 0 Å². The van der Waals surface area contributed by atoms with Gasteiger partial charge in [0.25, 0.3) is 0 Å². The third kappa shape index (κ3) is 1.88. The van der Waals surface area contributed by atoms with Gasteiger partial charge in [0, 0.05) is 25.1 Å². The van der Waals surface area contributed by atoms with Gasteiger partial charge in [-0.15, -0.1) is 0 Å². The van der Waals surface area contributed by atoms with Crippen molar-refractivity contribution in [3.63, 3.8) is 0 Å². The van der Waals surface area contributed by atoms with E-state index in [1.165, 1.54) is 5.56 Å². The molecule has 1 aromatic heterocycles. The highest BCUT2D eigenvalue weighted by Gasteiger charge is 2.23. The average molecular weight is 242 g/mol. The van der Waals surface area contributed by atoms with Gasteiger partial charge in [-0.3, -0.25) is 5.41 Å². The summed E-state index contributed by atoms with van der Waals surface area (Å²) in [7, 11) is 0. The summed E-state index contributed by atoms with van der Waals surface area (Å²) in [6.07, 6.45) is 0.678. The predicted molar refractivity (Wildman–Crippen MR) is 66.4 cm³/mol. The highest BCUT2D eigenvalue weighted by Crippen LogP contribution is 2.22. The Morgan fingerprint density at radius 3 is 2.94 bits per heavy atom. The Hall–Kier alpha value is -2.17. The first-order valence-electron chi connectivity index (χ1n) is 5.95. The van der Waals surface area contributed by atoms with Crippen LogP contribution in [-0.4, -0.2) is 27.4 Å². The summed E-state index contributed by atoms with van der Waals surface area (Å²) in [5, 5.41) is 11.9. The number of amidine groups is 1. The topological polar surface area (TPSA) is 66.0 Å². The molecule has 18 heavy (non-hydrogen) atoms. The Morgan fingerprint density at radius 2 is 2.22 bits per heavy atom. The minimum absolute atomic E-state index is 0.585. The summed E-state index contributed by atoms with van der Waals surface area (Å²) in [5.41, 5.74) is 2.24. The van der Waals surface area contributed by atoms with Crippen molar-refractivity contribution in [2.45, 2.75) is 19.9 Å². The van der Waals surface area contributed by atoms with Crippen LogP contribution in [0.5, 0.6) is 0 Å². The van der Waals surface area contributed by atoms with E-state index in [0.717, 1.165) is 18.7 Å². The van der Waals surface area contributed by atoms with Crippen molar-refractivity contribution in [1.82, 2.24) is 15.0 Å². The second-order valence-corrected chi connectivity index (χ2v) is 4.41. The lowest BCUT2D eigenvalue weighted by atomic mass is 10.1. The number of hydrogen-bond donors (Lipinski definition) is 1. The van der Waals surface area contributed by atoms with Crippen molar-refractivity contribution in [3.05, 3.63) is 47.1 Å². The Labute approximate surface area is 105 Å². The van der Waals surface area contributed by atoms with Crippen LogP contribution in [0.15, 0.2) is 28.8 Å². The molecule has 5 heteroatoms. The highest BCUT2D eigenvalue weighted by atomic mass is 16.5. The van der Waals surface area contributed by atoms with Crippen molar-refractivity contribution >= 4 is 5.84 Å². The van der Waals surface area contributed by atoms with E-state index in [9.17, 15) is 0 Å². The first-order chi connectivity index (χ1) is 8.74. The molecule has 0 bridgehead atoms. The number of nitrogens with zero attached hydrogens (tertiary/aromatic N) is 3. The molecule has 2 heterocycles. The summed E-state index contributed by atoms with van der Waals surface area (Å²) < 4.78 is 5.08. The molecule has 1 N–H and O–H groups in total. The van der Waals surface area contributed by atoms with Crippen LogP contribution in [0, 0.1) is 12.3 Å². The summed E-state index contributed by atoms with van der Waals surface area (Å²) >= 11 is 0. The van der Waals surface area contributed by atoms with Gasteiger partial charge in [0.2, 0.25) is 5.89 Å². The summed E-state index contributed by atoms with van der Waals surface area (Å²) in [5.74, 6) is 1.88. The van der Waals surface area contributed by atoms with E-state index in [4.69, 9.17) is 9.93 Å². The summed E-state index contributed by atoms with van der Waals surface area (Å²) in [6, 6.07) is 8.05. The molecule has 1 aliphatic heterocycles. The van der Waals surface area contributed by atoms with Crippen molar-refractivity contribution in [1.29, 1.82) is 5.41 Å². The van der Waals surface area contributed by atoms with E-state index in [0.29, 0.717) is 24.0 Å². The van der Waals surface area contributed by atoms with Gasteiger partial charge < -0.3 is 9.42 Å². The molecule has 0 fully saturated rings. The zero-order valence-corrected chi connectivity index (χ0v) is 10.2. The molecule has 0 saturated carbocycles. The molecule has 1 aromatic carbocycles. The second-order valence-electron chi connectivity index (χ2n) is 4.41. The minimum atomic E-state index is 0.585. The second kappa shape index (κ2) is 4.25. The van der Waals surface area contributed by atoms with Crippen molar-refractivity contribution in [2.24, 2.45) is 0 Å². The van der Waals surface area contributed by atoms with Crippen molar-refractivity contribution in [2.75, 3.05) is 6.54 Å². The van der Waals surface area contributed by atoms with E-state index in [1.807, 2.05) is 23.1 Å². The van der Waals surface area contributed by atoms with Gasteiger partial charge in [0.05, 0.1) is 0 Å². The third-order valence-corrected chi connectivity index (χ3v) is 3.12. The van der Waals surface area contributed by atoms with Crippen LogP contribution in [0.25, 0.3) is 0 Å². The minimum Gasteiger partial charge on any atom is -0.352 e. The molecule has 3 rings (SSSR count). The lowest BCUT2D eigenvalue weighted by Crippen LogP contribution is -2.26. The average Bonchev–Trinajstić information content (AvgIpc) is 2.92. The molecule has 5 nitrogen and oxygen atoms in total. The molecule has 1 aliphatic rings. The van der Waals surface area contributed by atoms with Crippen molar-refractivity contribution < 1.29 is 4.52 Å². The Balaban J connectivity index is 1.68. The third-order valence-electron chi connectivity index (χ3n) is 3.12. The Kier molecular flexibility index (Phi) is 2.59. The summed E-state index contributed by atoms with van der Waals surface area (Å²) in [6.45, 7) is 3.33. The van der Waals surface area contributed by atoms with Crippen LogP contribution in [0.1, 0.15) is 22.8 Å². The van der Waals surface area contributed by atoms with Crippen LogP contribution >= 0.6 is 0 Å². The summed E-state index contributed by atoms with van der Waals surface area (Å²) in [4.78, 5) is 6.20. The molecule has 2 aromatic rings. The van der Waals surface area contributed by atoms with Crippen LogP contribution in [0.2, 0.25) is 0 Å². The lowest BCUT2D eigenvalue weighted by Gasteiger charge is -2.16. The fourth-order valence-corrected chi connectivity index (χ4v) is 2.21. The molecule has 0 aliphatic carbocycles. The molecule has 0 radical (unpaired) electrons. The predicted octanol–water partition coefficient (Wildman–Crippen LogP) is 1.76. The standard InChI is InChI=1S/C13H14N4O/c1-9-15-12(18-16-9)6-7-17-8-10-4-2-3-5-11(10)13(17)14/h2-5,14H,6-8H2,1H3. The largest absolute Gasteiger partial charge is 0.352 e. The number of aryl methyl sites for hydroxylation is 1. The van der Waals surface area contributed by atoms with E-state index in [1.54, 1.807) is 6.92 Å². The number of hydrogen-bond acceptors (Lipinski definition) is 4. The fourth-order valence-electron chi connectivity index (χ4n) is 2.21. The number of nitrogens with one attached hydrogen (secondary N) is 1. The fraction of sp³-hybridized carbons (Fsp3) is 0.308. The Morgan fingerprint density at radius 1 is 1.39 bits per heavy atom. The van der Waals surface area contributed by atoms with E-state index >= 15 is 0 Å². The zero-order valence-electron chi connectivity index (χ0n) is 10.2. The van der Waals surface area contributed by atoms with Gasteiger partial charge >= 0.3 is 0 Å². The normalized spacial score (nSPS) is 14.1. The number of benzene rings is 1. The maximum atomic E-state index is 8.12. The SMILES string of the molecule is Cc1noc(CCN2Cc3ccccc3C2=N)n1. The smallest absolute Gasteiger partial charge is 0.228 e. The molecule has 0 spiro atoms. The lowest BCUT2D eigenvalue weighted by molar-refractivity contribution is 0.349. The maximum absolute atomic E-state index is 8.12. The maximum Gasteiger partial charge on any atom is 0.228 e. The van der Waals surface area contributed by atoms with Gasteiger partial charge in [-0.05, 0) is 12.5 Å². The van der Waals surface area contributed by atoms with E-state index < -0.39 is 0 Å². The van der Waals surface area contributed by atoms with Crippen LogP contribution < -0.4 is 0 Å². The van der Waals surface area contributed by atoms with Crippen LogP contribution in [-0.2, 0) is 13.0 Å². The zero-order chi connectivity index (χ0) is 12.5. The van der Waals surface area contributed by atoms with E-state index in [2.05, 4.69) is 16.2 Å². The van der Waals surface area contributed by atoms with Gasteiger partial charge in [0.15, 0.2) is 5.82 Å². The number of fused-ring (bicyclic) bond motifs is 1. The molecule has 0 amide bonds. The molecule has 0 unspecified atom stereocenters. The number of rotatable bonds is 3. The van der Waals surface area contributed by atoms with E-state index in [-0.39, 0.29) is 0 Å². The van der Waals surface area contributed by atoms with Gasteiger partial charge in [-0.1, -0.05) is 29.4 Å². The number of aromatic nitrogens is 2. The Bertz CT molecular complexity index is 590. The molecule has 0 saturated heterocycles. The van der Waals surface area contributed by atoms with Crippen LogP contribution in [0.3, 0.4) is 0 Å². The quantitative estimate of drug-likeness (QED) is 0.890. The van der Waals surface area contributed by atoms with Gasteiger partial charge in [-0.25, -0.2) is 0 Å². The highest BCUT2D eigenvalue weighted by molar-refractivity contribution is 6.00. The molecule has 92 valence electrons. The monoisotopic (exact) mass is 242 g/mol. The van der Waals surface area contributed by atoms with Gasteiger partial charge in [-0.2, -0.15) is 4.98 Å². The molecular weight excluding hydrogens is 228 g/mol. The first kappa shape index (κ1) is 11.0. The molecular formula is C13H14N4O. The van der Waals surface area contributed by atoms with Crippen molar-refractivity contribution in [3.8, 4) is 0 Å². The molecule has 0 atom stereocenters.